The smallest absolute Gasteiger partial charge is 0.273 e. The molecule has 0 bridgehead atoms. The third-order valence-corrected chi connectivity index (χ3v) is 4.97. The van der Waals surface area contributed by atoms with E-state index in [0.29, 0.717) is 10.9 Å². The van der Waals surface area contributed by atoms with Crippen LogP contribution in [0.15, 0.2) is 35.3 Å². The number of thioether (sulfide) groups is 1. The highest BCUT2D eigenvalue weighted by Crippen LogP contribution is 2.35. The third kappa shape index (κ3) is 3.31. The second-order valence-electron chi connectivity index (χ2n) is 6.15. The molecule has 0 aliphatic carbocycles. The van der Waals surface area contributed by atoms with Gasteiger partial charge in [-0.05, 0) is 44.0 Å². The summed E-state index contributed by atoms with van der Waals surface area (Å²) >= 11 is 1.58. The number of nitrogens with one attached hydrogen (secondary N) is 1. The van der Waals surface area contributed by atoms with E-state index in [1.54, 1.807) is 29.6 Å². The van der Waals surface area contributed by atoms with Gasteiger partial charge in [0.25, 0.3) is 5.91 Å². The molecule has 6 nitrogen and oxygen atoms in total. The molecule has 0 fully saturated rings. The highest BCUT2D eigenvalue weighted by Gasteiger charge is 2.29. The maximum Gasteiger partial charge on any atom is 0.273 e. The van der Waals surface area contributed by atoms with Crippen LogP contribution in [0.4, 0.5) is 5.69 Å². The van der Waals surface area contributed by atoms with Crippen molar-refractivity contribution in [2.24, 2.45) is 17.8 Å². The molecule has 1 atom stereocenters. The highest BCUT2D eigenvalue weighted by atomic mass is 32.2. The second kappa shape index (κ2) is 6.32. The number of carbonyl (C=O) groups is 1. The number of aryl methyl sites for hydroxylation is 2. The van der Waals surface area contributed by atoms with Gasteiger partial charge in [0.2, 0.25) is 0 Å². The molecule has 126 valence electrons. The predicted molar refractivity (Wildman–Crippen MR) is 98.4 cm³/mol. The fraction of sp³-hybridized carbons (Fsp3) is 0.353. The first-order chi connectivity index (χ1) is 11.4. The minimum absolute atomic E-state index is 0.178. The van der Waals surface area contributed by atoms with Gasteiger partial charge in [0.1, 0.15) is 5.69 Å². The second-order valence-corrected chi connectivity index (χ2v) is 7.27. The Hall–Kier alpha value is -2.28. The van der Waals surface area contributed by atoms with Gasteiger partial charge < -0.3 is 11.1 Å². The van der Waals surface area contributed by atoms with Crippen molar-refractivity contribution in [1.82, 2.24) is 9.78 Å². The maximum atomic E-state index is 12.4. The van der Waals surface area contributed by atoms with Crippen LogP contribution in [-0.4, -0.2) is 26.6 Å². The zero-order chi connectivity index (χ0) is 17.3. The van der Waals surface area contributed by atoms with Crippen molar-refractivity contribution in [2.45, 2.75) is 25.8 Å². The number of aromatic nitrogens is 2. The Kier molecular flexibility index (Phi) is 4.36. The van der Waals surface area contributed by atoms with Gasteiger partial charge in [0, 0.05) is 18.5 Å². The number of hydrogen-bond acceptors (Lipinski definition) is 5. The van der Waals surface area contributed by atoms with Crippen LogP contribution >= 0.6 is 11.8 Å². The summed E-state index contributed by atoms with van der Waals surface area (Å²) in [5, 5.41) is 7.76. The number of benzene rings is 1. The molecule has 3 N–H and O–H groups in total. The van der Waals surface area contributed by atoms with Crippen LogP contribution in [0.1, 0.15) is 35.1 Å². The Labute approximate surface area is 145 Å². The van der Waals surface area contributed by atoms with E-state index in [4.69, 9.17) is 5.73 Å². The van der Waals surface area contributed by atoms with Gasteiger partial charge >= 0.3 is 0 Å². The standard InChI is InChI=1S/C17H21N5OS/c1-11-9-14(22(3)21-11)15(23)19-13-6-4-5-12(10-13)17(2)7-8-24-16(18)20-17/h4-6,9-10H,7-8H2,1-3H3,(H2,18,20)(H,19,23). The number of nitrogens with two attached hydrogens (primary N) is 1. The number of hydrogen-bond donors (Lipinski definition) is 2. The summed E-state index contributed by atoms with van der Waals surface area (Å²) in [4.78, 5) is 17.1. The molecule has 1 aliphatic rings. The first-order valence-corrected chi connectivity index (χ1v) is 8.77. The maximum absolute atomic E-state index is 12.4. The summed E-state index contributed by atoms with van der Waals surface area (Å²) in [6.07, 6.45) is 0.913. The summed E-state index contributed by atoms with van der Waals surface area (Å²) < 4.78 is 1.58. The number of rotatable bonds is 3. The zero-order valence-electron chi connectivity index (χ0n) is 14.0. The fourth-order valence-corrected chi connectivity index (χ4v) is 3.82. The molecular weight excluding hydrogens is 322 g/mol. The van der Waals surface area contributed by atoms with Crippen LogP contribution in [0.2, 0.25) is 0 Å². The Bertz CT molecular complexity index is 813. The molecule has 7 heteroatoms. The van der Waals surface area contributed by atoms with Crippen molar-refractivity contribution in [3.8, 4) is 0 Å². The van der Waals surface area contributed by atoms with Crippen LogP contribution in [0.25, 0.3) is 0 Å². The van der Waals surface area contributed by atoms with E-state index in [0.717, 1.165) is 29.1 Å². The molecule has 1 aliphatic heterocycles. The first-order valence-electron chi connectivity index (χ1n) is 7.78. The van der Waals surface area contributed by atoms with Crippen molar-refractivity contribution in [2.75, 3.05) is 11.1 Å². The minimum Gasteiger partial charge on any atom is -0.379 e. The largest absolute Gasteiger partial charge is 0.379 e. The molecule has 1 unspecified atom stereocenters. The average Bonchev–Trinajstić information content (AvgIpc) is 2.86. The van der Waals surface area contributed by atoms with Crippen LogP contribution in [-0.2, 0) is 12.6 Å². The summed E-state index contributed by atoms with van der Waals surface area (Å²) in [6.45, 7) is 3.94. The molecule has 1 amide bonds. The summed E-state index contributed by atoms with van der Waals surface area (Å²) in [5.74, 6) is 0.763. The van der Waals surface area contributed by atoms with Crippen LogP contribution in [0.5, 0.6) is 0 Å². The topological polar surface area (TPSA) is 85.3 Å². The Morgan fingerprint density at radius 1 is 1.42 bits per heavy atom. The lowest BCUT2D eigenvalue weighted by Gasteiger charge is -2.30. The summed E-state index contributed by atoms with van der Waals surface area (Å²) in [6, 6.07) is 9.56. The molecule has 2 aromatic rings. The molecule has 0 saturated heterocycles. The Balaban J connectivity index is 1.85. The summed E-state index contributed by atoms with van der Waals surface area (Å²) in [5.41, 5.74) is 8.67. The molecule has 1 aromatic heterocycles. The van der Waals surface area contributed by atoms with Crippen molar-refractivity contribution in [3.63, 3.8) is 0 Å². The van der Waals surface area contributed by atoms with E-state index in [2.05, 4.69) is 22.3 Å². The third-order valence-electron chi connectivity index (χ3n) is 4.17. The molecule has 2 heterocycles. The van der Waals surface area contributed by atoms with E-state index in [-0.39, 0.29) is 11.4 Å². The fourth-order valence-electron chi connectivity index (χ4n) is 2.84. The first kappa shape index (κ1) is 16.6. The van der Waals surface area contributed by atoms with Gasteiger partial charge in [-0.2, -0.15) is 5.10 Å². The monoisotopic (exact) mass is 343 g/mol. The SMILES string of the molecule is Cc1cc(C(=O)Nc2cccc(C3(C)CCSC(N)=N3)c2)n(C)n1. The number of carbonyl (C=O) groups excluding carboxylic acids is 1. The van der Waals surface area contributed by atoms with Crippen LogP contribution < -0.4 is 11.1 Å². The van der Waals surface area contributed by atoms with E-state index in [1.807, 2.05) is 31.2 Å². The minimum atomic E-state index is -0.348. The van der Waals surface area contributed by atoms with Gasteiger partial charge in [-0.3, -0.25) is 14.5 Å². The van der Waals surface area contributed by atoms with E-state index in [9.17, 15) is 4.79 Å². The van der Waals surface area contributed by atoms with Gasteiger partial charge in [-0.1, -0.05) is 23.9 Å². The lowest BCUT2D eigenvalue weighted by Crippen LogP contribution is -2.28. The van der Waals surface area contributed by atoms with Crippen molar-refractivity contribution >= 4 is 28.5 Å². The average molecular weight is 343 g/mol. The quantitative estimate of drug-likeness (QED) is 0.897. The molecular formula is C17H21N5OS. The number of anilines is 1. The van der Waals surface area contributed by atoms with E-state index >= 15 is 0 Å². The molecule has 0 radical (unpaired) electrons. The Morgan fingerprint density at radius 3 is 2.88 bits per heavy atom. The number of nitrogens with zero attached hydrogens (tertiary/aromatic N) is 3. The van der Waals surface area contributed by atoms with Gasteiger partial charge in [-0.15, -0.1) is 0 Å². The van der Waals surface area contributed by atoms with Crippen LogP contribution in [0.3, 0.4) is 0 Å². The van der Waals surface area contributed by atoms with Crippen LogP contribution in [0, 0.1) is 6.92 Å². The number of amides is 1. The van der Waals surface area contributed by atoms with E-state index < -0.39 is 0 Å². The van der Waals surface area contributed by atoms with Crippen molar-refractivity contribution < 1.29 is 4.79 Å². The normalized spacial score (nSPS) is 20.5. The molecule has 24 heavy (non-hydrogen) atoms. The zero-order valence-corrected chi connectivity index (χ0v) is 14.9. The molecule has 1 aromatic carbocycles. The Morgan fingerprint density at radius 2 is 2.21 bits per heavy atom. The van der Waals surface area contributed by atoms with Gasteiger partial charge in [0.15, 0.2) is 5.17 Å². The number of amidine groups is 1. The molecule has 0 spiro atoms. The number of aliphatic imine (C=N–C) groups is 1. The van der Waals surface area contributed by atoms with E-state index in [1.165, 1.54) is 0 Å². The van der Waals surface area contributed by atoms with Crippen molar-refractivity contribution in [1.29, 1.82) is 0 Å². The van der Waals surface area contributed by atoms with Crippen molar-refractivity contribution in [3.05, 3.63) is 47.3 Å². The summed E-state index contributed by atoms with van der Waals surface area (Å²) in [7, 11) is 1.76. The van der Waals surface area contributed by atoms with Gasteiger partial charge in [0.05, 0.1) is 11.2 Å². The molecule has 3 rings (SSSR count). The highest BCUT2D eigenvalue weighted by molar-refractivity contribution is 8.13. The van der Waals surface area contributed by atoms with Gasteiger partial charge in [-0.25, -0.2) is 0 Å². The lowest BCUT2D eigenvalue weighted by atomic mass is 9.89. The lowest BCUT2D eigenvalue weighted by molar-refractivity contribution is 0.101. The molecule has 0 saturated carbocycles. The predicted octanol–water partition coefficient (Wildman–Crippen LogP) is 2.65.